The summed E-state index contributed by atoms with van der Waals surface area (Å²) < 4.78 is 0. The molecule has 0 unspecified atom stereocenters. The summed E-state index contributed by atoms with van der Waals surface area (Å²) in [7, 11) is 0. The minimum Gasteiger partial charge on any atom is -0.314 e. The Balaban J connectivity index is 3.39. The Bertz CT molecular complexity index is 153. The summed E-state index contributed by atoms with van der Waals surface area (Å²) in [5.74, 6) is -0.388. The van der Waals surface area contributed by atoms with Gasteiger partial charge in [0.05, 0.1) is 0 Å². The van der Waals surface area contributed by atoms with Crippen LogP contribution in [0.25, 0.3) is 0 Å². The fourth-order valence-electron chi connectivity index (χ4n) is 0.424. The predicted molar refractivity (Wildman–Crippen MR) is 35.1 cm³/mol. The van der Waals surface area contributed by atoms with Crippen LogP contribution in [-0.4, -0.2) is 23.4 Å². The van der Waals surface area contributed by atoms with Gasteiger partial charge in [0, 0.05) is 5.92 Å². The molecule has 0 amide bonds. The largest absolute Gasteiger partial charge is 0.314 e. The van der Waals surface area contributed by atoms with Gasteiger partial charge in [-0.3, -0.25) is 0 Å². The number of nitrogens with zero attached hydrogens (tertiary/aromatic N) is 2. The average Bonchev–Trinajstić information content (AvgIpc) is 1.96. The maximum atomic E-state index is 9.65. The lowest BCUT2D eigenvalue weighted by Gasteiger charge is -2.06. The van der Waals surface area contributed by atoms with Crippen LogP contribution in [0, 0.1) is 26.1 Å². The van der Waals surface area contributed by atoms with Gasteiger partial charge >= 0.3 is 0 Å². The van der Waals surface area contributed by atoms with E-state index in [1.807, 2.05) is 0 Å². The molecule has 0 aromatic rings. The highest BCUT2D eigenvalue weighted by Gasteiger charge is 2.07. The summed E-state index contributed by atoms with van der Waals surface area (Å²) in [4.78, 5) is 27.2. The molecule has 0 spiro atoms. The second-order valence-electron chi connectivity index (χ2n) is 2.14. The molecule has 0 rings (SSSR count). The third kappa shape index (κ3) is 6.52. The van der Waals surface area contributed by atoms with Crippen molar-refractivity contribution in [3.63, 3.8) is 0 Å². The third-order valence-electron chi connectivity index (χ3n) is 0.929. The average molecular weight is 180 g/mol. The third-order valence-corrected chi connectivity index (χ3v) is 0.929. The molecule has 0 bridgehead atoms. The van der Waals surface area contributed by atoms with Crippen molar-refractivity contribution in [2.75, 3.05) is 13.2 Å². The van der Waals surface area contributed by atoms with Crippen LogP contribution in [0.5, 0.6) is 0 Å². The van der Waals surface area contributed by atoms with Crippen molar-refractivity contribution in [1.82, 2.24) is 0 Å². The van der Waals surface area contributed by atoms with Gasteiger partial charge in [-0.25, -0.2) is 0 Å². The Morgan fingerprint density at radius 1 is 1.17 bits per heavy atom. The van der Waals surface area contributed by atoms with Gasteiger partial charge in [-0.15, -0.1) is 20.2 Å². The first kappa shape index (κ1) is 10.4. The van der Waals surface area contributed by atoms with Crippen LogP contribution in [0.2, 0.25) is 0 Å². The molecule has 0 aromatic heterocycles. The van der Waals surface area contributed by atoms with E-state index in [1.54, 1.807) is 0 Å². The van der Waals surface area contributed by atoms with Crippen molar-refractivity contribution in [1.29, 1.82) is 0 Å². The molecule has 0 saturated carbocycles. The summed E-state index contributed by atoms with van der Waals surface area (Å²) in [6.07, 6.45) is 0. The fraction of sp³-hybridized carbons (Fsp3) is 1.00. The highest BCUT2D eigenvalue weighted by Crippen LogP contribution is 1.96. The first-order chi connectivity index (χ1) is 5.52. The van der Waals surface area contributed by atoms with Crippen molar-refractivity contribution in [2.45, 2.75) is 6.92 Å². The van der Waals surface area contributed by atoms with Crippen LogP contribution in [0.15, 0.2) is 0 Å². The van der Waals surface area contributed by atoms with Crippen LogP contribution >= 0.6 is 0 Å². The maximum absolute atomic E-state index is 9.65. The zero-order valence-corrected chi connectivity index (χ0v) is 6.34. The molecule has 0 aliphatic heterocycles. The summed E-state index contributed by atoms with van der Waals surface area (Å²) in [5.41, 5.74) is 0. The zero-order valence-electron chi connectivity index (χ0n) is 6.34. The van der Waals surface area contributed by atoms with E-state index in [4.69, 9.17) is 0 Å². The Morgan fingerprint density at radius 2 is 1.50 bits per heavy atom. The van der Waals surface area contributed by atoms with E-state index in [0.29, 0.717) is 0 Å². The smallest absolute Gasteiger partial charge is 0.294 e. The van der Waals surface area contributed by atoms with Crippen molar-refractivity contribution in [3.8, 4) is 0 Å². The van der Waals surface area contributed by atoms with E-state index < -0.39 is 10.2 Å². The lowest BCUT2D eigenvalue weighted by atomic mass is 10.2. The lowest BCUT2D eigenvalue weighted by Crippen LogP contribution is -2.17. The van der Waals surface area contributed by atoms with Crippen molar-refractivity contribution >= 4 is 0 Å². The Kier molecular flexibility index (Phi) is 4.42. The summed E-state index contributed by atoms with van der Waals surface area (Å²) >= 11 is 0. The van der Waals surface area contributed by atoms with Gasteiger partial charge in [0.2, 0.25) is 0 Å². The molecule has 0 aromatic carbocycles. The molecular formula is C4H8N2O6. The Morgan fingerprint density at radius 3 is 1.75 bits per heavy atom. The molecule has 0 heterocycles. The van der Waals surface area contributed by atoms with Crippen LogP contribution in [0.1, 0.15) is 6.92 Å². The molecule has 12 heavy (non-hydrogen) atoms. The van der Waals surface area contributed by atoms with Gasteiger partial charge < -0.3 is 9.68 Å². The fourth-order valence-corrected chi connectivity index (χ4v) is 0.424. The van der Waals surface area contributed by atoms with Gasteiger partial charge in [0.25, 0.3) is 10.2 Å². The van der Waals surface area contributed by atoms with Gasteiger partial charge in [0.15, 0.2) is 0 Å². The standard InChI is InChI=1S/C4H8N2O6/c1-4(2-11-5(7)8)3-12-6(9)10/h4H,2-3H2,1H3. The highest BCUT2D eigenvalue weighted by atomic mass is 17.0. The maximum Gasteiger partial charge on any atom is 0.294 e. The molecule has 0 fully saturated rings. The molecule has 8 nitrogen and oxygen atoms in total. The highest BCUT2D eigenvalue weighted by molar-refractivity contribution is 4.44. The predicted octanol–water partition coefficient (Wildman–Crippen LogP) is 0.0391. The van der Waals surface area contributed by atoms with E-state index in [0.717, 1.165) is 0 Å². The molecule has 0 atom stereocenters. The van der Waals surface area contributed by atoms with Gasteiger partial charge in [-0.1, -0.05) is 6.92 Å². The summed E-state index contributed by atoms with van der Waals surface area (Å²) in [5, 5.41) is 17.4. The van der Waals surface area contributed by atoms with E-state index >= 15 is 0 Å². The molecule has 0 N–H and O–H groups in total. The molecule has 8 heteroatoms. The van der Waals surface area contributed by atoms with E-state index in [9.17, 15) is 20.2 Å². The Hall–Kier alpha value is -1.60. The van der Waals surface area contributed by atoms with Crippen LogP contribution < -0.4 is 0 Å². The van der Waals surface area contributed by atoms with Crippen LogP contribution in [-0.2, 0) is 9.68 Å². The first-order valence-electron chi connectivity index (χ1n) is 3.07. The van der Waals surface area contributed by atoms with Crippen molar-refractivity contribution in [3.05, 3.63) is 20.2 Å². The SMILES string of the molecule is CC(CO[N+](=O)[O-])CO[N+](=O)[O-]. The molecular weight excluding hydrogens is 172 g/mol. The Labute approximate surface area is 67.3 Å². The second kappa shape index (κ2) is 5.10. The normalized spacial score (nSPS) is 9.50. The quantitative estimate of drug-likeness (QED) is 0.422. The number of rotatable bonds is 6. The van der Waals surface area contributed by atoms with Gasteiger partial charge in [-0.05, 0) is 0 Å². The van der Waals surface area contributed by atoms with Crippen LogP contribution in [0.3, 0.4) is 0 Å². The lowest BCUT2D eigenvalue weighted by molar-refractivity contribution is -0.768. The number of hydrogen-bond donors (Lipinski definition) is 0. The summed E-state index contributed by atoms with van der Waals surface area (Å²) in [6.45, 7) is 1.12. The van der Waals surface area contributed by atoms with E-state index in [2.05, 4.69) is 9.68 Å². The molecule has 0 aliphatic carbocycles. The second-order valence-corrected chi connectivity index (χ2v) is 2.14. The van der Waals surface area contributed by atoms with Gasteiger partial charge in [0.1, 0.15) is 13.2 Å². The van der Waals surface area contributed by atoms with Gasteiger partial charge in [-0.2, -0.15) is 0 Å². The van der Waals surface area contributed by atoms with Crippen molar-refractivity contribution in [2.24, 2.45) is 5.92 Å². The first-order valence-corrected chi connectivity index (χ1v) is 3.07. The molecule has 0 radical (unpaired) electrons. The molecule has 0 saturated heterocycles. The number of hydrogen-bond acceptors (Lipinski definition) is 6. The molecule has 70 valence electrons. The van der Waals surface area contributed by atoms with Crippen LogP contribution in [0.4, 0.5) is 0 Å². The van der Waals surface area contributed by atoms with E-state index in [-0.39, 0.29) is 19.1 Å². The van der Waals surface area contributed by atoms with Crippen molar-refractivity contribution < 1.29 is 19.8 Å². The molecule has 0 aliphatic rings. The summed E-state index contributed by atoms with van der Waals surface area (Å²) in [6, 6.07) is 0. The topological polar surface area (TPSA) is 105 Å². The van der Waals surface area contributed by atoms with E-state index in [1.165, 1.54) is 6.92 Å². The monoisotopic (exact) mass is 180 g/mol. The minimum absolute atomic E-state index is 0.208. The minimum atomic E-state index is -0.956. The zero-order chi connectivity index (χ0) is 9.56.